The lowest BCUT2D eigenvalue weighted by Crippen LogP contribution is -2.36. The van der Waals surface area contributed by atoms with Crippen LogP contribution >= 0.6 is 11.3 Å². The molecule has 0 atom stereocenters. The summed E-state index contributed by atoms with van der Waals surface area (Å²) < 4.78 is 19.4. The highest BCUT2D eigenvalue weighted by Crippen LogP contribution is 2.38. The summed E-state index contributed by atoms with van der Waals surface area (Å²) in [6.07, 6.45) is 5.85. The van der Waals surface area contributed by atoms with E-state index < -0.39 is 5.97 Å². The van der Waals surface area contributed by atoms with Crippen molar-refractivity contribution in [1.29, 1.82) is 0 Å². The molecule has 1 aliphatic carbocycles. The van der Waals surface area contributed by atoms with Crippen LogP contribution in [0.25, 0.3) is 32.4 Å². The fraction of sp³-hybridized carbons (Fsp3) is 0.364. The molecule has 46 heavy (non-hydrogen) atoms. The van der Waals surface area contributed by atoms with E-state index in [1.165, 1.54) is 24.5 Å². The van der Waals surface area contributed by atoms with Crippen LogP contribution in [0.3, 0.4) is 0 Å². The summed E-state index contributed by atoms with van der Waals surface area (Å²) in [4.78, 5) is 52.1. The van der Waals surface area contributed by atoms with Gasteiger partial charge in [0.2, 0.25) is 11.4 Å². The predicted molar refractivity (Wildman–Crippen MR) is 177 cm³/mol. The van der Waals surface area contributed by atoms with Crippen molar-refractivity contribution in [2.75, 3.05) is 57.7 Å². The van der Waals surface area contributed by atoms with Crippen molar-refractivity contribution in [3.8, 4) is 11.1 Å². The van der Waals surface area contributed by atoms with Gasteiger partial charge in [-0.3, -0.25) is 9.59 Å². The molecule has 238 valence electrons. The molecule has 1 aromatic carbocycles. The molecule has 0 spiro atoms. The van der Waals surface area contributed by atoms with Gasteiger partial charge in [-0.2, -0.15) is 4.98 Å². The van der Waals surface area contributed by atoms with E-state index in [0.29, 0.717) is 70.6 Å². The maximum absolute atomic E-state index is 13.1. The zero-order valence-electron chi connectivity index (χ0n) is 25.9. The van der Waals surface area contributed by atoms with Crippen molar-refractivity contribution in [3.05, 3.63) is 63.4 Å². The molecular formula is C33H34N6O6S. The molecule has 5 aromatic rings. The second-order valence-corrected chi connectivity index (χ2v) is 12.6. The van der Waals surface area contributed by atoms with Crippen LogP contribution in [-0.2, 0) is 9.47 Å². The summed E-state index contributed by atoms with van der Waals surface area (Å²) in [5.41, 5.74) is 3.73. The molecule has 12 nitrogen and oxygen atoms in total. The number of esters is 1. The number of nitrogens with zero attached hydrogens (tertiary/aromatic N) is 5. The molecule has 13 heteroatoms. The van der Waals surface area contributed by atoms with Gasteiger partial charge < -0.3 is 33.6 Å². The molecule has 2 fully saturated rings. The summed E-state index contributed by atoms with van der Waals surface area (Å²) in [5, 5.41) is 5.84. The summed E-state index contributed by atoms with van der Waals surface area (Å²) in [6, 6.07) is 8.88. The summed E-state index contributed by atoms with van der Waals surface area (Å²) in [7, 11) is 4.81. The van der Waals surface area contributed by atoms with Gasteiger partial charge in [0.15, 0.2) is 11.5 Å². The Morgan fingerprint density at radius 1 is 1.11 bits per heavy atom. The summed E-state index contributed by atoms with van der Waals surface area (Å²) in [6.45, 7) is 2.39. The average Bonchev–Trinajstić information content (AvgIpc) is 3.83. The zero-order valence-corrected chi connectivity index (χ0v) is 26.7. The van der Waals surface area contributed by atoms with Crippen molar-refractivity contribution in [3.63, 3.8) is 0 Å². The number of hydrogen-bond acceptors (Lipinski definition) is 11. The number of aromatic nitrogens is 3. The zero-order chi connectivity index (χ0) is 31.9. The lowest BCUT2D eigenvalue weighted by atomic mass is 10.0. The summed E-state index contributed by atoms with van der Waals surface area (Å²) >= 11 is 1.31. The number of carbonyl (C=O) groups excluding carboxylic acids is 2. The first kappa shape index (κ1) is 29.9. The van der Waals surface area contributed by atoms with Gasteiger partial charge in [0, 0.05) is 61.8 Å². The Kier molecular flexibility index (Phi) is 7.95. The van der Waals surface area contributed by atoms with Crippen molar-refractivity contribution in [1.82, 2.24) is 19.4 Å². The summed E-state index contributed by atoms with van der Waals surface area (Å²) in [5.74, 6) is 0.149. The number of fused-ring (bicyclic) bond motifs is 2. The van der Waals surface area contributed by atoms with E-state index >= 15 is 0 Å². The Labute approximate surface area is 268 Å². The number of anilines is 3. The van der Waals surface area contributed by atoms with Crippen molar-refractivity contribution >= 4 is 62.0 Å². The topological polar surface area (TPSA) is 132 Å². The molecule has 1 saturated carbocycles. The fourth-order valence-electron chi connectivity index (χ4n) is 6.28. The minimum Gasteiger partial charge on any atom is -0.465 e. The number of carbonyl (C=O) groups is 2. The number of morpholine rings is 1. The quantitative estimate of drug-likeness (QED) is 0.229. The van der Waals surface area contributed by atoms with Gasteiger partial charge in [-0.1, -0.05) is 18.9 Å². The molecule has 1 amide bonds. The standard InChI is InChI=1S/C33H34N6O6S/c1-37(2)31(41)25-15-20-17-34-33(36-30(20)39(25)21-6-4-5-7-21)35-24-9-8-19(14-22(24)32(42)43-3)23-18-46-29-26(40)16-27(45-28(23)29)38-10-12-44-13-11-38/h8-9,14-18,21H,4-7,10-13H2,1-3H3,(H,34,35,36). The van der Waals surface area contributed by atoms with Crippen LogP contribution in [0.5, 0.6) is 0 Å². The fourth-order valence-corrected chi connectivity index (χ4v) is 7.20. The van der Waals surface area contributed by atoms with E-state index in [0.717, 1.165) is 31.1 Å². The van der Waals surface area contributed by atoms with E-state index in [1.807, 2.05) is 27.0 Å². The SMILES string of the molecule is COC(=O)c1cc(-c2csc3c(=O)cc(N4CCOCC4)oc23)ccc1Nc1ncc2cc(C(=O)N(C)C)n(C3CCCC3)c2n1. The maximum atomic E-state index is 13.1. The molecule has 0 radical (unpaired) electrons. The molecule has 0 unspecified atom stereocenters. The third-order valence-electron chi connectivity index (χ3n) is 8.63. The number of methoxy groups -OCH3 is 1. The van der Waals surface area contributed by atoms with Gasteiger partial charge >= 0.3 is 5.97 Å². The van der Waals surface area contributed by atoms with Crippen LogP contribution in [0.1, 0.15) is 52.6 Å². The highest BCUT2D eigenvalue weighted by atomic mass is 32.1. The predicted octanol–water partition coefficient (Wildman–Crippen LogP) is 5.45. The largest absolute Gasteiger partial charge is 0.465 e. The number of benzene rings is 1. The van der Waals surface area contributed by atoms with Crippen LogP contribution < -0.4 is 15.6 Å². The first-order chi connectivity index (χ1) is 22.3. The minimum atomic E-state index is -0.548. The Balaban J connectivity index is 1.27. The van der Waals surface area contributed by atoms with Crippen LogP contribution in [0.2, 0.25) is 0 Å². The van der Waals surface area contributed by atoms with E-state index in [9.17, 15) is 14.4 Å². The molecule has 4 aromatic heterocycles. The van der Waals surface area contributed by atoms with Gasteiger partial charge in [0.05, 0.1) is 31.6 Å². The second-order valence-electron chi connectivity index (χ2n) is 11.7. The first-order valence-electron chi connectivity index (χ1n) is 15.3. The maximum Gasteiger partial charge on any atom is 0.339 e. The number of ether oxygens (including phenoxy) is 2. The molecule has 5 heterocycles. The third kappa shape index (κ3) is 5.39. The van der Waals surface area contributed by atoms with E-state index in [4.69, 9.17) is 18.9 Å². The Bertz CT molecular complexity index is 2020. The van der Waals surface area contributed by atoms with Gasteiger partial charge in [-0.25, -0.2) is 9.78 Å². The number of rotatable bonds is 7. The van der Waals surface area contributed by atoms with Crippen molar-refractivity contribution < 1.29 is 23.5 Å². The second kappa shape index (κ2) is 12.2. The van der Waals surface area contributed by atoms with E-state index in [2.05, 4.69) is 10.3 Å². The third-order valence-corrected chi connectivity index (χ3v) is 9.60. The van der Waals surface area contributed by atoms with E-state index in [-0.39, 0.29) is 28.9 Å². The Hall–Kier alpha value is -4.75. The number of thiophene rings is 1. The monoisotopic (exact) mass is 642 g/mol. The Morgan fingerprint density at radius 3 is 2.63 bits per heavy atom. The highest BCUT2D eigenvalue weighted by Gasteiger charge is 2.27. The van der Waals surface area contributed by atoms with Gasteiger partial charge in [-0.05, 0) is 36.6 Å². The van der Waals surface area contributed by atoms with Crippen molar-refractivity contribution in [2.45, 2.75) is 31.7 Å². The van der Waals surface area contributed by atoms with Crippen molar-refractivity contribution in [2.24, 2.45) is 0 Å². The lowest BCUT2D eigenvalue weighted by molar-refractivity contribution is 0.0601. The van der Waals surface area contributed by atoms with Crippen LogP contribution in [-0.4, -0.2) is 78.8 Å². The normalized spacial score (nSPS) is 15.5. The minimum absolute atomic E-state index is 0.0863. The van der Waals surface area contributed by atoms with Gasteiger partial charge in [-0.15, -0.1) is 11.3 Å². The molecular weight excluding hydrogens is 608 g/mol. The molecule has 1 saturated heterocycles. The molecule has 7 rings (SSSR count). The van der Waals surface area contributed by atoms with Crippen LogP contribution in [0.15, 0.2) is 51.1 Å². The highest BCUT2D eigenvalue weighted by molar-refractivity contribution is 7.17. The van der Waals surface area contributed by atoms with Crippen LogP contribution in [0, 0.1) is 0 Å². The van der Waals surface area contributed by atoms with Crippen LogP contribution in [0.4, 0.5) is 17.5 Å². The van der Waals surface area contributed by atoms with E-state index in [1.54, 1.807) is 37.3 Å². The number of hydrogen-bond donors (Lipinski definition) is 1. The Morgan fingerprint density at radius 2 is 1.89 bits per heavy atom. The molecule has 0 bridgehead atoms. The smallest absolute Gasteiger partial charge is 0.339 e. The number of nitrogens with one attached hydrogen (secondary N) is 1. The van der Waals surface area contributed by atoms with Gasteiger partial charge in [0.1, 0.15) is 16.0 Å². The first-order valence-corrected chi connectivity index (χ1v) is 16.2. The molecule has 1 N–H and O–H groups in total. The van der Waals surface area contributed by atoms with Gasteiger partial charge in [0.25, 0.3) is 5.91 Å². The number of amides is 1. The average molecular weight is 643 g/mol. The molecule has 2 aliphatic rings. The lowest BCUT2D eigenvalue weighted by Gasteiger charge is -2.27. The molecule has 1 aliphatic heterocycles.